The second kappa shape index (κ2) is 4.75. The van der Waals surface area contributed by atoms with E-state index in [4.69, 9.17) is 5.73 Å². The summed E-state index contributed by atoms with van der Waals surface area (Å²) in [6.07, 6.45) is 0. The largest absolute Gasteiger partial charge is 0.399 e. The molecule has 0 amide bonds. The predicted molar refractivity (Wildman–Crippen MR) is 72.0 cm³/mol. The molecule has 0 aliphatic heterocycles. The molecule has 0 spiro atoms. The van der Waals surface area contributed by atoms with Crippen LogP contribution in [0.25, 0.3) is 0 Å². The number of nitro groups is 1. The van der Waals surface area contributed by atoms with Gasteiger partial charge in [-0.05, 0) is 36.8 Å². The number of aryl methyl sites for hydroxylation is 1. The fourth-order valence-electron chi connectivity index (χ4n) is 1.68. The molecule has 0 saturated heterocycles. The first-order valence-electron chi connectivity index (χ1n) is 5.44. The SMILES string of the molecule is Cc1cccc(Nc2ccc(N)cc2[N+](=O)[O-])c1. The number of hydrogen-bond acceptors (Lipinski definition) is 4. The molecule has 2 aromatic carbocycles. The summed E-state index contributed by atoms with van der Waals surface area (Å²) in [6.45, 7) is 1.96. The summed E-state index contributed by atoms with van der Waals surface area (Å²) in [5, 5.41) is 14.0. The fraction of sp³-hybridized carbons (Fsp3) is 0.0769. The molecule has 92 valence electrons. The summed E-state index contributed by atoms with van der Waals surface area (Å²) >= 11 is 0. The summed E-state index contributed by atoms with van der Waals surface area (Å²) in [4.78, 5) is 10.5. The van der Waals surface area contributed by atoms with Crippen molar-refractivity contribution in [3.63, 3.8) is 0 Å². The van der Waals surface area contributed by atoms with Crippen molar-refractivity contribution < 1.29 is 4.92 Å². The molecule has 0 fully saturated rings. The van der Waals surface area contributed by atoms with Gasteiger partial charge in [-0.3, -0.25) is 10.1 Å². The quantitative estimate of drug-likeness (QED) is 0.492. The Morgan fingerprint density at radius 1 is 1.22 bits per heavy atom. The van der Waals surface area contributed by atoms with Crippen molar-refractivity contribution in [3.05, 3.63) is 58.1 Å². The minimum Gasteiger partial charge on any atom is -0.399 e. The first kappa shape index (κ1) is 11.9. The van der Waals surface area contributed by atoms with Gasteiger partial charge < -0.3 is 11.1 Å². The highest BCUT2D eigenvalue weighted by Gasteiger charge is 2.13. The molecule has 5 nitrogen and oxygen atoms in total. The van der Waals surface area contributed by atoms with Crippen molar-refractivity contribution in [1.29, 1.82) is 0 Å². The summed E-state index contributed by atoms with van der Waals surface area (Å²) in [7, 11) is 0. The van der Waals surface area contributed by atoms with Gasteiger partial charge in [-0.1, -0.05) is 12.1 Å². The maximum atomic E-state index is 10.9. The van der Waals surface area contributed by atoms with Gasteiger partial charge in [-0.15, -0.1) is 0 Å². The van der Waals surface area contributed by atoms with Crippen LogP contribution in [0.3, 0.4) is 0 Å². The number of benzene rings is 2. The molecule has 0 bridgehead atoms. The van der Waals surface area contributed by atoms with Gasteiger partial charge in [0.05, 0.1) is 4.92 Å². The Labute approximate surface area is 104 Å². The topological polar surface area (TPSA) is 81.2 Å². The minimum absolute atomic E-state index is 0.0310. The lowest BCUT2D eigenvalue weighted by Gasteiger charge is -2.08. The van der Waals surface area contributed by atoms with Crippen LogP contribution in [0.15, 0.2) is 42.5 Å². The van der Waals surface area contributed by atoms with Crippen LogP contribution in [-0.4, -0.2) is 4.92 Å². The molecule has 5 heteroatoms. The maximum absolute atomic E-state index is 10.9. The molecule has 0 atom stereocenters. The number of nitro benzene ring substituents is 1. The third-order valence-corrected chi connectivity index (χ3v) is 2.52. The maximum Gasteiger partial charge on any atom is 0.294 e. The number of nitrogens with one attached hydrogen (secondary N) is 1. The summed E-state index contributed by atoms with van der Waals surface area (Å²) in [6, 6.07) is 12.2. The Bertz CT molecular complexity index is 597. The van der Waals surface area contributed by atoms with E-state index in [9.17, 15) is 10.1 Å². The number of rotatable bonds is 3. The van der Waals surface area contributed by atoms with Crippen molar-refractivity contribution in [1.82, 2.24) is 0 Å². The van der Waals surface area contributed by atoms with Crippen LogP contribution in [0.5, 0.6) is 0 Å². The van der Waals surface area contributed by atoms with Gasteiger partial charge in [0.15, 0.2) is 0 Å². The minimum atomic E-state index is -0.450. The van der Waals surface area contributed by atoms with Crippen LogP contribution < -0.4 is 11.1 Å². The molecule has 0 aliphatic carbocycles. The molecule has 0 saturated carbocycles. The molecule has 0 aromatic heterocycles. The van der Waals surface area contributed by atoms with E-state index in [1.807, 2.05) is 31.2 Å². The van der Waals surface area contributed by atoms with Gasteiger partial charge in [0.1, 0.15) is 5.69 Å². The van der Waals surface area contributed by atoms with E-state index >= 15 is 0 Å². The molecule has 0 radical (unpaired) electrons. The highest BCUT2D eigenvalue weighted by molar-refractivity contribution is 5.72. The first-order chi connectivity index (χ1) is 8.56. The predicted octanol–water partition coefficient (Wildman–Crippen LogP) is 3.23. The van der Waals surface area contributed by atoms with Crippen LogP contribution in [0, 0.1) is 17.0 Å². The van der Waals surface area contributed by atoms with Crippen molar-refractivity contribution in [3.8, 4) is 0 Å². The molecule has 2 rings (SSSR count). The zero-order chi connectivity index (χ0) is 13.1. The molecule has 0 aliphatic rings. The van der Waals surface area contributed by atoms with Gasteiger partial charge in [0.25, 0.3) is 5.69 Å². The highest BCUT2D eigenvalue weighted by Crippen LogP contribution is 2.29. The molecule has 2 aromatic rings. The number of nitrogens with zero attached hydrogens (tertiary/aromatic N) is 1. The van der Waals surface area contributed by atoms with Crippen molar-refractivity contribution in [2.24, 2.45) is 0 Å². The molecular formula is C13H13N3O2. The van der Waals surface area contributed by atoms with Crippen LogP contribution in [0.2, 0.25) is 0 Å². The molecule has 0 unspecified atom stereocenters. The number of hydrogen-bond donors (Lipinski definition) is 2. The Hall–Kier alpha value is -2.56. The van der Waals surface area contributed by atoms with E-state index in [0.717, 1.165) is 11.3 Å². The Kier molecular flexibility index (Phi) is 3.14. The lowest BCUT2D eigenvalue weighted by atomic mass is 10.2. The summed E-state index contributed by atoms with van der Waals surface area (Å²) in [5.41, 5.74) is 8.21. The Morgan fingerprint density at radius 3 is 2.67 bits per heavy atom. The molecular weight excluding hydrogens is 230 g/mol. The Morgan fingerprint density at radius 2 is 2.00 bits per heavy atom. The van der Waals surface area contributed by atoms with Gasteiger partial charge in [-0.2, -0.15) is 0 Å². The Balaban J connectivity index is 2.37. The third-order valence-electron chi connectivity index (χ3n) is 2.52. The van der Waals surface area contributed by atoms with E-state index < -0.39 is 4.92 Å². The standard InChI is InChI=1S/C13H13N3O2/c1-9-3-2-4-11(7-9)15-12-6-5-10(14)8-13(12)16(17)18/h2-8,15H,14H2,1H3. The zero-order valence-electron chi connectivity index (χ0n) is 9.88. The van der Waals surface area contributed by atoms with E-state index in [2.05, 4.69) is 5.32 Å². The molecule has 3 N–H and O–H groups in total. The van der Waals surface area contributed by atoms with Gasteiger partial charge in [0, 0.05) is 17.4 Å². The van der Waals surface area contributed by atoms with Crippen LogP contribution in [0.1, 0.15) is 5.56 Å². The molecule has 18 heavy (non-hydrogen) atoms. The van der Waals surface area contributed by atoms with E-state index in [-0.39, 0.29) is 5.69 Å². The lowest BCUT2D eigenvalue weighted by Crippen LogP contribution is -1.98. The zero-order valence-corrected chi connectivity index (χ0v) is 9.88. The van der Waals surface area contributed by atoms with Gasteiger partial charge >= 0.3 is 0 Å². The van der Waals surface area contributed by atoms with Crippen molar-refractivity contribution in [2.75, 3.05) is 11.1 Å². The smallest absolute Gasteiger partial charge is 0.294 e. The monoisotopic (exact) mass is 243 g/mol. The average molecular weight is 243 g/mol. The number of nitrogen functional groups attached to an aromatic ring is 1. The second-order valence-corrected chi connectivity index (χ2v) is 4.03. The summed E-state index contributed by atoms with van der Waals surface area (Å²) < 4.78 is 0. The van der Waals surface area contributed by atoms with E-state index in [1.165, 1.54) is 6.07 Å². The second-order valence-electron chi connectivity index (χ2n) is 4.03. The highest BCUT2D eigenvalue weighted by atomic mass is 16.6. The van der Waals surface area contributed by atoms with Gasteiger partial charge in [0.2, 0.25) is 0 Å². The number of nitrogens with two attached hydrogens (primary N) is 1. The lowest BCUT2D eigenvalue weighted by molar-refractivity contribution is -0.383. The fourth-order valence-corrected chi connectivity index (χ4v) is 1.68. The average Bonchev–Trinajstić information content (AvgIpc) is 2.31. The van der Waals surface area contributed by atoms with Crippen LogP contribution in [0.4, 0.5) is 22.7 Å². The third kappa shape index (κ3) is 2.57. The molecule has 0 heterocycles. The van der Waals surface area contributed by atoms with Crippen LogP contribution in [-0.2, 0) is 0 Å². The van der Waals surface area contributed by atoms with Crippen LogP contribution >= 0.6 is 0 Å². The van der Waals surface area contributed by atoms with Crippen molar-refractivity contribution in [2.45, 2.75) is 6.92 Å². The number of anilines is 3. The first-order valence-corrected chi connectivity index (χ1v) is 5.44. The van der Waals surface area contributed by atoms with E-state index in [0.29, 0.717) is 11.4 Å². The van der Waals surface area contributed by atoms with Crippen molar-refractivity contribution >= 4 is 22.7 Å². The summed E-state index contributed by atoms with van der Waals surface area (Å²) in [5.74, 6) is 0. The van der Waals surface area contributed by atoms with Gasteiger partial charge in [-0.25, -0.2) is 0 Å². The van der Waals surface area contributed by atoms with E-state index in [1.54, 1.807) is 12.1 Å². The normalized spacial score (nSPS) is 10.1.